The fourth-order valence-corrected chi connectivity index (χ4v) is 1.42. The van der Waals surface area contributed by atoms with E-state index >= 15 is 0 Å². The maximum absolute atomic E-state index is 11.1. The Hall–Kier alpha value is -0.840. The van der Waals surface area contributed by atoms with E-state index in [1.54, 1.807) is 6.20 Å². The second-order valence-corrected chi connectivity index (χ2v) is 6.04. The molecule has 0 amide bonds. The predicted octanol–water partition coefficient (Wildman–Crippen LogP) is 1.11. The van der Waals surface area contributed by atoms with Crippen molar-refractivity contribution in [1.82, 2.24) is 9.97 Å². The van der Waals surface area contributed by atoms with Crippen LogP contribution >= 0.6 is 0 Å². The molecule has 1 aromatic rings. The summed E-state index contributed by atoms with van der Waals surface area (Å²) in [4.78, 5) is 6.66. The summed E-state index contributed by atoms with van der Waals surface area (Å²) >= 11 is 0. The number of nitrogens with zero attached hydrogens (tertiary/aromatic N) is 1. The molecule has 5 heteroatoms. The fourth-order valence-electron chi connectivity index (χ4n) is 0.878. The minimum absolute atomic E-state index is 0.0393. The van der Waals surface area contributed by atoms with Crippen LogP contribution in [0, 0.1) is 0 Å². The lowest BCUT2D eigenvalue weighted by Crippen LogP contribution is -2.12. The van der Waals surface area contributed by atoms with Crippen molar-refractivity contribution in [1.29, 1.82) is 0 Å². The van der Waals surface area contributed by atoms with Gasteiger partial charge in [-0.05, 0) is 0 Å². The Morgan fingerprint density at radius 2 is 1.92 bits per heavy atom. The Labute approximate surface area is 78.3 Å². The number of aromatic amines is 1. The van der Waals surface area contributed by atoms with E-state index in [0.717, 1.165) is 11.9 Å². The first-order chi connectivity index (χ1) is 5.71. The van der Waals surface area contributed by atoms with Crippen LogP contribution in [0.15, 0.2) is 11.4 Å². The van der Waals surface area contributed by atoms with Gasteiger partial charge >= 0.3 is 0 Å². The molecule has 0 saturated carbocycles. The molecular weight excluding hydrogens is 188 g/mol. The number of aromatic nitrogens is 2. The molecule has 0 aliphatic carbocycles. The third-order valence-electron chi connectivity index (χ3n) is 1.67. The number of H-pyrrole nitrogens is 1. The molecule has 0 aliphatic rings. The first-order valence-corrected chi connectivity index (χ1v) is 5.86. The van der Waals surface area contributed by atoms with Gasteiger partial charge in [-0.1, -0.05) is 20.8 Å². The number of hydrogen-bond donors (Lipinski definition) is 1. The van der Waals surface area contributed by atoms with E-state index in [1.807, 2.05) is 20.8 Å². The Morgan fingerprint density at radius 1 is 1.38 bits per heavy atom. The van der Waals surface area contributed by atoms with Crippen molar-refractivity contribution in [3.63, 3.8) is 0 Å². The van der Waals surface area contributed by atoms with Gasteiger partial charge in [0.2, 0.25) is 15.0 Å². The molecule has 74 valence electrons. The van der Waals surface area contributed by atoms with Crippen molar-refractivity contribution in [2.45, 2.75) is 31.3 Å². The molecule has 0 atom stereocenters. The molecule has 0 fully saturated rings. The van der Waals surface area contributed by atoms with Crippen LogP contribution in [0.3, 0.4) is 0 Å². The Morgan fingerprint density at radius 3 is 2.15 bits per heavy atom. The summed E-state index contributed by atoms with van der Waals surface area (Å²) in [7, 11) is -3.21. The third kappa shape index (κ3) is 2.30. The van der Waals surface area contributed by atoms with Crippen LogP contribution in [0.2, 0.25) is 0 Å². The monoisotopic (exact) mass is 202 g/mol. The Kier molecular flexibility index (Phi) is 2.23. The van der Waals surface area contributed by atoms with E-state index in [9.17, 15) is 8.42 Å². The number of imidazole rings is 1. The molecule has 0 aromatic carbocycles. The van der Waals surface area contributed by atoms with Crippen LogP contribution in [0.5, 0.6) is 0 Å². The van der Waals surface area contributed by atoms with Crippen molar-refractivity contribution >= 4 is 9.84 Å². The average Bonchev–Trinajstić information content (AvgIpc) is 2.28. The number of sulfone groups is 1. The molecule has 0 unspecified atom stereocenters. The molecule has 1 aromatic heterocycles. The van der Waals surface area contributed by atoms with Crippen LogP contribution in [0.1, 0.15) is 26.5 Å². The van der Waals surface area contributed by atoms with Gasteiger partial charge in [0.25, 0.3) is 0 Å². The highest BCUT2D eigenvalue weighted by Crippen LogP contribution is 2.20. The molecule has 0 bridgehead atoms. The minimum Gasteiger partial charge on any atom is -0.335 e. The first-order valence-electron chi connectivity index (χ1n) is 3.97. The SMILES string of the molecule is CC(C)(C)c1c[nH]c(S(C)(=O)=O)n1. The van der Waals surface area contributed by atoms with Crippen LogP contribution in [0.4, 0.5) is 0 Å². The Balaban J connectivity index is 3.16. The summed E-state index contributed by atoms with van der Waals surface area (Å²) in [5.74, 6) is 0. The van der Waals surface area contributed by atoms with Crippen LogP contribution in [-0.2, 0) is 15.3 Å². The highest BCUT2D eigenvalue weighted by molar-refractivity contribution is 7.90. The summed E-state index contributed by atoms with van der Waals surface area (Å²) in [5.41, 5.74) is 0.632. The van der Waals surface area contributed by atoms with E-state index in [0.29, 0.717) is 0 Å². The van der Waals surface area contributed by atoms with Gasteiger partial charge in [-0.15, -0.1) is 0 Å². The van der Waals surface area contributed by atoms with E-state index in [1.165, 1.54) is 0 Å². The van der Waals surface area contributed by atoms with Gasteiger partial charge in [0, 0.05) is 17.9 Å². The van der Waals surface area contributed by atoms with Gasteiger partial charge in [-0.25, -0.2) is 13.4 Å². The van der Waals surface area contributed by atoms with Crippen LogP contribution in [-0.4, -0.2) is 24.6 Å². The van der Waals surface area contributed by atoms with E-state index in [-0.39, 0.29) is 10.6 Å². The number of nitrogens with one attached hydrogen (secondary N) is 1. The van der Waals surface area contributed by atoms with Crippen molar-refractivity contribution in [2.24, 2.45) is 0 Å². The van der Waals surface area contributed by atoms with Gasteiger partial charge in [0.1, 0.15) is 0 Å². The summed E-state index contributed by atoms with van der Waals surface area (Å²) in [6.07, 6.45) is 2.77. The normalized spacial score (nSPS) is 13.2. The van der Waals surface area contributed by atoms with Gasteiger partial charge in [-0.3, -0.25) is 0 Å². The minimum atomic E-state index is -3.21. The summed E-state index contributed by atoms with van der Waals surface area (Å²) in [6.45, 7) is 5.94. The molecular formula is C8H14N2O2S. The number of rotatable bonds is 1. The highest BCUT2D eigenvalue weighted by atomic mass is 32.2. The van der Waals surface area contributed by atoms with Gasteiger partial charge < -0.3 is 4.98 Å². The van der Waals surface area contributed by atoms with Crippen molar-refractivity contribution < 1.29 is 8.42 Å². The summed E-state index contributed by atoms with van der Waals surface area (Å²) in [6, 6.07) is 0. The molecule has 1 heterocycles. The van der Waals surface area contributed by atoms with E-state index in [4.69, 9.17) is 0 Å². The fraction of sp³-hybridized carbons (Fsp3) is 0.625. The zero-order chi connectivity index (χ0) is 10.3. The lowest BCUT2D eigenvalue weighted by molar-refractivity contribution is 0.565. The maximum atomic E-state index is 11.1. The first kappa shape index (κ1) is 10.2. The zero-order valence-corrected chi connectivity index (χ0v) is 9.07. The molecule has 0 radical (unpaired) electrons. The number of hydrogen-bond acceptors (Lipinski definition) is 3. The van der Waals surface area contributed by atoms with E-state index in [2.05, 4.69) is 9.97 Å². The highest BCUT2D eigenvalue weighted by Gasteiger charge is 2.20. The maximum Gasteiger partial charge on any atom is 0.224 e. The lowest BCUT2D eigenvalue weighted by Gasteiger charge is -2.13. The molecule has 1 N–H and O–H groups in total. The van der Waals surface area contributed by atoms with Crippen molar-refractivity contribution in [3.8, 4) is 0 Å². The topological polar surface area (TPSA) is 62.8 Å². The molecule has 1 rings (SSSR count). The van der Waals surface area contributed by atoms with Crippen LogP contribution < -0.4 is 0 Å². The summed E-state index contributed by atoms with van der Waals surface area (Å²) < 4.78 is 22.2. The molecule has 0 saturated heterocycles. The predicted molar refractivity (Wildman–Crippen MR) is 50.4 cm³/mol. The van der Waals surface area contributed by atoms with Gasteiger partial charge in [0.05, 0.1) is 5.69 Å². The zero-order valence-electron chi connectivity index (χ0n) is 8.25. The van der Waals surface area contributed by atoms with E-state index < -0.39 is 9.84 Å². The van der Waals surface area contributed by atoms with Crippen LogP contribution in [0.25, 0.3) is 0 Å². The molecule has 13 heavy (non-hydrogen) atoms. The second kappa shape index (κ2) is 2.83. The third-order valence-corrected chi connectivity index (χ3v) is 2.59. The lowest BCUT2D eigenvalue weighted by atomic mass is 9.93. The smallest absolute Gasteiger partial charge is 0.224 e. The Bertz CT molecular complexity index is 398. The standard InChI is InChI=1S/C8H14N2O2S/c1-8(2,3)6-5-9-7(10-6)13(4,11)12/h5H,1-4H3,(H,9,10). The molecule has 4 nitrogen and oxygen atoms in total. The van der Waals surface area contributed by atoms with Crippen molar-refractivity contribution in [3.05, 3.63) is 11.9 Å². The molecule has 0 aliphatic heterocycles. The van der Waals surface area contributed by atoms with Crippen molar-refractivity contribution in [2.75, 3.05) is 6.26 Å². The summed E-state index contributed by atoms with van der Waals surface area (Å²) in [5, 5.41) is 0.0393. The largest absolute Gasteiger partial charge is 0.335 e. The van der Waals surface area contributed by atoms with Gasteiger partial charge in [-0.2, -0.15) is 0 Å². The van der Waals surface area contributed by atoms with Gasteiger partial charge in [0.15, 0.2) is 0 Å². The second-order valence-electron chi connectivity index (χ2n) is 4.11. The average molecular weight is 202 g/mol. The molecule has 0 spiro atoms. The quantitative estimate of drug-likeness (QED) is 0.742.